The van der Waals surface area contributed by atoms with Crippen molar-refractivity contribution in [2.24, 2.45) is 0 Å². The maximum atomic E-state index is 12.9. The molecule has 5 rings (SSSR count). The summed E-state index contributed by atoms with van der Waals surface area (Å²) in [6.07, 6.45) is 3.65. The lowest BCUT2D eigenvalue weighted by atomic mass is 10.0. The average Bonchev–Trinajstić information content (AvgIpc) is 2.79. The molecule has 0 fully saturated rings. The molecule has 0 unspecified atom stereocenters. The molecule has 0 aliphatic heterocycles. The molecule has 0 aliphatic carbocycles. The minimum atomic E-state index is 0.0760. The van der Waals surface area contributed by atoms with Crippen molar-refractivity contribution in [3.8, 4) is 11.3 Å². The summed E-state index contributed by atoms with van der Waals surface area (Å²) in [5.41, 5.74) is 2.70. The van der Waals surface area contributed by atoms with Gasteiger partial charge in [0, 0.05) is 17.2 Å². The molecule has 0 bridgehead atoms. The van der Waals surface area contributed by atoms with E-state index in [1.54, 1.807) is 6.33 Å². The molecule has 0 saturated heterocycles. The molecule has 1 heterocycles. The van der Waals surface area contributed by atoms with E-state index in [4.69, 9.17) is 0 Å². The van der Waals surface area contributed by atoms with Crippen LogP contribution in [0.2, 0.25) is 0 Å². The summed E-state index contributed by atoms with van der Waals surface area (Å²) in [5.74, 6) is 0.0760. The van der Waals surface area contributed by atoms with Crippen LogP contribution in [0, 0.1) is 0 Å². The van der Waals surface area contributed by atoms with E-state index in [2.05, 4.69) is 35.3 Å². The number of ketones is 1. The molecule has 0 spiro atoms. The highest BCUT2D eigenvalue weighted by molar-refractivity contribution is 6.07. The van der Waals surface area contributed by atoms with Gasteiger partial charge in [0.15, 0.2) is 12.2 Å². The normalized spacial score (nSPS) is 11.0. The Balaban J connectivity index is 1.40. The maximum absolute atomic E-state index is 12.9. The van der Waals surface area contributed by atoms with Crippen molar-refractivity contribution in [3.05, 3.63) is 109 Å². The molecule has 0 saturated carbocycles. The van der Waals surface area contributed by atoms with Crippen LogP contribution in [0.1, 0.15) is 10.4 Å². The number of benzene rings is 4. The summed E-state index contributed by atoms with van der Waals surface area (Å²) in [6.45, 7) is 0.263. The monoisotopic (exact) mass is 375 g/mol. The highest BCUT2D eigenvalue weighted by Gasteiger charge is 2.14. The van der Waals surface area contributed by atoms with Crippen molar-refractivity contribution in [1.29, 1.82) is 0 Å². The molecular weight excluding hydrogens is 356 g/mol. The zero-order chi connectivity index (χ0) is 19.6. The predicted octanol–water partition coefficient (Wildman–Crippen LogP) is 5.23. The van der Waals surface area contributed by atoms with Gasteiger partial charge in [0.1, 0.15) is 0 Å². The molecule has 0 N–H and O–H groups in total. The van der Waals surface area contributed by atoms with E-state index in [0.29, 0.717) is 0 Å². The standard InChI is InChI=1S/C26H19N2O/c29-26(24-11-5-9-20-7-3-4-10-23(20)24)17-28-15-14-25(27-18-28)22-13-12-19-6-1-2-8-21(19)16-22/h1-16,18H,17H2/q+1. The fourth-order valence-electron chi connectivity index (χ4n) is 3.72. The summed E-state index contributed by atoms with van der Waals surface area (Å²) >= 11 is 0. The van der Waals surface area contributed by atoms with Gasteiger partial charge in [0.2, 0.25) is 5.78 Å². The smallest absolute Gasteiger partial charge is 0.287 e. The minimum absolute atomic E-state index is 0.0760. The van der Waals surface area contributed by atoms with Crippen molar-refractivity contribution in [2.45, 2.75) is 6.54 Å². The van der Waals surface area contributed by atoms with Crippen LogP contribution in [0.25, 0.3) is 32.8 Å². The van der Waals surface area contributed by atoms with Crippen LogP contribution in [-0.2, 0) is 6.54 Å². The molecule has 0 atom stereocenters. The van der Waals surface area contributed by atoms with E-state index in [1.807, 2.05) is 71.4 Å². The Bertz CT molecular complexity index is 1330. The molecule has 138 valence electrons. The number of nitrogens with zero attached hydrogens (tertiary/aromatic N) is 2. The number of rotatable bonds is 4. The van der Waals surface area contributed by atoms with Gasteiger partial charge in [-0.2, -0.15) is 0 Å². The Morgan fingerprint density at radius 1 is 0.759 bits per heavy atom. The highest BCUT2D eigenvalue weighted by Crippen LogP contribution is 2.22. The third-order valence-corrected chi connectivity index (χ3v) is 5.23. The molecule has 4 aromatic carbocycles. The molecule has 0 aliphatic rings. The van der Waals surface area contributed by atoms with E-state index in [1.165, 1.54) is 10.8 Å². The molecule has 0 radical (unpaired) electrons. The molecule has 29 heavy (non-hydrogen) atoms. The van der Waals surface area contributed by atoms with Crippen LogP contribution in [-0.4, -0.2) is 10.8 Å². The van der Waals surface area contributed by atoms with Crippen LogP contribution in [0.15, 0.2) is 104 Å². The SMILES string of the molecule is O=C(C[n+]1ccc(-c2ccc3ccccc3c2)nc1)c1cccc2ccccc12. The second-order valence-corrected chi connectivity index (χ2v) is 7.13. The number of hydrogen-bond donors (Lipinski definition) is 0. The maximum Gasteiger partial charge on any atom is 0.287 e. The number of aromatic nitrogens is 2. The number of fused-ring (bicyclic) bond motifs is 2. The van der Waals surface area contributed by atoms with E-state index in [9.17, 15) is 4.79 Å². The summed E-state index contributed by atoms with van der Waals surface area (Å²) in [5, 5.41) is 4.46. The number of carbonyl (C=O) groups is 1. The van der Waals surface area contributed by atoms with E-state index in [-0.39, 0.29) is 12.3 Å². The molecule has 3 nitrogen and oxygen atoms in total. The first-order valence-corrected chi connectivity index (χ1v) is 9.63. The van der Waals surface area contributed by atoms with Crippen LogP contribution in [0.4, 0.5) is 0 Å². The van der Waals surface area contributed by atoms with Crippen LogP contribution < -0.4 is 4.57 Å². The van der Waals surface area contributed by atoms with Gasteiger partial charge in [-0.25, -0.2) is 4.57 Å². The Morgan fingerprint density at radius 3 is 2.34 bits per heavy atom. The summed E-state index contributed by atoms with van der Waals surface area (Å²) in [4.78, 5) is 17.5. The quantitative estimate of drug-likeness (QED) is 0.319. The number of Topliss-reactive ketones (excluding diaryl/α,β-unsaturated/α-hetero) is 1. The Labute approximate surface area is 168 Å². The van der Waals surface area contributed by atoms with Gasteiger partial charge in [-0.3, -0.25) is 4.79 Å². The zero-order valence-corrected chi connectivity index (χ0v) is 15.8. The molecule has 3 heteroatoms. The first-order valence-electron chi connectivity index (χ1n) is 9.63. The fraction of sp³-hybridized carbons (Fsp3) is 0.0385. The molecule has 1 aromatic heterocycles. The summed E-state index contributed by atoms with van der Waals surface area (Å²) < 4.78 is 1.83. The van der Waals surface area contributed by atoms with Crippen LogP contribution in [0.5, 0.6) is 0 Å². The van der Waals surface area contributed by atoms with Gasteiger partial charge < -0.3 is 0 Å². The minimum Gasteiger partial charge on any atom is -0.290 e. The summed E-state index contributed by atoms with van der Waals surface area (Å²) in [6, 6.07) is 30.4. The van der Waals surface area contributed by atoms with Gasteiger partial charge in [0.05, 0.1) is 6.20 Å². The van der Waals surface area contributed by atoms with Gasteiger partial charge >= 0.3 is 0 Å². The number of carbonyl (C=O) groups excluding carboxylic acids is 1. The lowest BCUT2D eigenvalue weighted by molar-refractivity contribution is -0.686. The van der Waals surface area contributed by atoms with Gasteiger partial charge in [-0.1, -0.05) is 72.8 Å². The molecule has 5 aromatic rings. The van der Waals surface area contributed by atoms with Crippen molar-refractivity contribution >= 4 is 27.3 Å². The fourth-order valence-corrected chi connectivity index (χ4v) is 3.72. The summed E-state index contributed by atoms with van der Waals surface area (Å²) in [7, 11) is 0. The third-order valence-electron chi connectivity index (χ3n) is 5.23. The Morgan fingerprint density at radius 2 is 1.52 bits per heavy atom. The predicted molar refractivity (Wildman–Crippen MR) is 116 cm³/mol. The second-order valence-electron chi connectivity index (χ2n) is 7.13. The van der Waals surface area contributed by atoms with Crippen molar-refractivity contribution in [1.82, 2.24) is 4.98 Å². The van der Waals surface area contributed by atoms with E-state index >= 15 is 0 Å². The average molecular weight is 375 g/mol. The van der Waals surface area contributed by atoms with Crippen LogP contribution >= 0.6 is 0 Å². The van der Waals surface area contributed by atoms with Crippen molar-refractivity contribution in [2.75, 3.05) is 0 Å². The van der Waals surface area contributed by atoms with E-state index < -0.39 is 0 Å². The second kappa shape index (κ2) is 7.28. The molecular formula is C26H19N2O+. The number of hydrogen-bond acceptors (Lipinski definition) is 2. The van der Waals surface area contributed by atoms with Crippen molar-refractivity contribution < 1.29 is 9.36 Å². The molecule has 0 amide bonds. The van der Waals surface area contributed by atoms with Crippen molar-refractivity contribution in [3.63, 3.8) is 0 Å². The highest BCUT2D eigenvalue weighted by atomic mass is 16.1. The largest absolute Gasteiger partial charge is 0.290 e. The Kier molecular flexibility index (Phi) is 4.34. The van der Waals surface area contributed by atoms with Crippen LogP contribution in [0.3, 0.4) is 0 Å². The van der Waals surface area contributed by atoms with Gasteiger partial charge in [-0.15, -0.1) is 0 Å². The lowest BCUT2D eigenvalue weighted by Gasteiger charge is -2.05. The first kappa shape index (κ1) is 17.3. The van der Waals surface area contributed by atoms with E-state index in [0.717, 1.165) is 27.6 Å². The third kappa shape index (κ3) is 3.39. The van der Waals surface area contributed by atoms with Gasteiger partial charge in [-0.05, 0) is 38.7 Å². The van der Waals surface area contributed by atoms with Gasteiger partial charge in [0.25, 0.3) is 6.33 Å². The Hall–Kier alpha value is -3.85. The topological polar surface area (TPSA) is 33.8 Å². The first-order chi connectivity index (χ1) is 14.3. The lowest BCUT2D eigenvalue weighted by Crippen LogP contribution is -2.37. The zero-order valence-electron chi connectivity index (χ0n) is 15.8.